The molecule has 1 saturated heterocycles. The smallest absolute Gasteiger partial charge is 0.154 e. The summed E-state index contributed by atoms with van der Waals surface area (Å²) < 4.78 is 22.3. The van der Waals surface area contributed by atoms with Gasteiger partial charge in [0.2, 0.25) is 0 Å². The van der Waals surface area contributed by atoms with Gasteiger partial charge < -0.3 is 5.32 Å². The lowest BCUT2D eigenvalue weighted by Gasteiger charge is -2.32. The third-order valence-corrected chi connectivity index (χ3v) is 4.70. The van der Waals surface area contributed by atoms with Crippen molar-refractivity contribution in [2.75, 3.05) is 12.8 Å². The molecule has 1 N–H and O–H groups in total. The molecule has 1 fully saturated rings. The average molecular weight is 177 g/mol. The van der Waals surface area contributed by atoms with Crippen LogP contribution in [0, 0.1) is 0 Å². The number of nitrogens with one attached hydrogen (secondary N) is 1. The molecule has 11 heavy (non-hydrogen) atoms. The molecule has 3 nitrogen and oxygen atoms in total. The summed E-state index contributed by atoms with van der Waals surface area (Å²) in [7, 11) is -0.887. The molecular formula is C7H15NO2S. The van der Waals surface area contributed by atoms with E-state index in [1.165, 1.54) is 0 Å². The van der Waals surface area contributed by atoms with Gasteiger partial charge in [-0.3, -0.25) is 0 Å². The molecule has 66 valence electrons. The first-order valence-corrected chi connectivity index (χ1v) is 5.72. The maximum Gasteiger partial charge on any atom is 0.154 e. The lowest BCUT2D eigenvalue weighted by atomic mass is 10.1. The largest absolute Gasteiger partial charge is 0.316 e. The van der Waals surface area contributed by atoms with Gasteiger partial charge in [-0.15, -0.1) is 0 Å². The minimum Gasteiger partial charge on any atom is -0.316 e. The maximum absolute atomic E-state index is 11.1. The Balaban J connectivity index is 2.61. The van der Waals surface area contributed by atoms with Gasteiger partial charge in [-0.25, -0.2) is 8.42 Å². The fraction of sp³-hybridized carbons (Fsp3) is 1.00. The zero-order valence-electron chi connectivity index (χ0n) is 7.00. The molecule has 4 heteroatoms. The molecule has 0 bridgehead atoms. The minimum atomic E-state index is -2.71. The Bertz CT molecular complexity index is 219. The highest BCUT2D eigenvalue weighted by atomic mass is 32.2. The van der Waals surface area contributed by atoms with Crippen LogP contribution in [0.5, 0.6) is 0 Å². The summed E-state index contributed by atoms with van der Waals surface area (Å²) in [5.41, 5.74) is 0. The minimum absolute atomic E-state index is 0.113. The lowest BCUT2D eigenvalue weighted by Crippen LogP contribution is -2.50. The number of hydrogen-bond donors (Lipinski definition) is 1. The van der Waals surface area contributed by atoms with Crippen molar-refractivity contribution >= 4 is 9.84 Å². The first-order valence-electron chi connectivity index (χ1n) is 4.00. The van der Waals surface area contributed by atoms with Crippen LogP contribution in [0.15, 0.2) is 0 Å². The highest BCUT2D eigenvalue weighted by molar-refractivity contribution is 7.93. The van der Waals surface area contributed by atoms with Gasteiger partial charge in [-0.1, -0.05) is 6.92 Å². The summed E-state index contributed by atoms with van der Waals surface area (Å²) in [6.45, 7) is 2.01. The van der Waals surface area contributed by atoms with E-state index in [1.807, 2.05) is 14.0 Å². The molecule has 1 aliphatic rings. The molecule has 1 aliphatic heterocycles. The van der Waals surface area contributed by atoms with Crippen LogP contribution in [0.25, 0.3) is 0 Å². The average Bonchev–Trinajstić information content (AvgIpc) is 1.98. The number of sulfone groups is 1. The van der Waals surface area contributed by atoms with Crippen molar-refractivity contribution in [3.63, 3.8) is 0 Å². The predicted octanol–water partition coefficient (Wildman–Crippen LogP) is 0.171. The second kappa shape index (κ2) is 3.11. The van der Waals surface area contributed by atoms with Crippen molar-refractivity contribution in [2.24, 2.45) is 0 Å². The quantitative estimate of drug-likeness (QED) is 0.668. The van der Waals surface area contributed by atoms with Gasteiger partial charge in [0, 0.05) is 6.04 Å². The number of rotatable bonds is 3. The summed E-state index contributed by atoms with van der Waals surface area (Å²) in [6.07, 6.45) is 1.72. The van der Waals surface area contributed by atoms with Crippen LogP contribution in [0.2, 0.25) is 0 Å². The SMILES string of the molecule is CCC(NC)C1CCS1(=O)=O. The summed E-state index contributed by atoms with van der Waals surface area (Å²) in [4.78, 5) is 0. The third kappa shape index (κ3) is 1.56. The van der Waals surface area contributed by atoms with Crippen molar-refractivity contribution in [3.05, 3.63) is 0 Å². The maximum atomic E-state index is 11.1. The summed E-state index contributed by atoms with van der Waals surface area (Å²) in [6, 6.07) is 0.161. The van der Waals surface area contributed by atoms with Gasteiger partial charge in [0.25, 0.3) is 0 Å². The first-order chi connectivity index (χ1) is 5.11. The van der Waals surface area contributed by atoms with Crippen molar-refractivity contribution < 1.29 is 8.42 Å². The Morgan fingerprint density at radius 2 is 2.27 bits per heavy atom. The Morgan fingerprint density at radius 1 is 1.64 bits per heavy atom. The van der Waals surface area contributed by atoms with E-state index in [0.717, 1.165) is 12.8 Å². The van der Waals surface area contributed by atoms with E-state index >= 15 is 0 Å². The van der Waals surface area contributed by atoms with Gasteiger partial charge in [0.1, 0.15) is 0 Å². The van der Waals surface area contributed by atoms with Gasteiger partial charge in [-0.2, -0.15) is 0 Å². The van der Waals surface area contributed by atoms with Crippen molar-refractivity contribution in [3.8, 4) is 0 Å². The third-order valence-electron chi connectivity index (χ3n) is 2.41. The molecule has 0 spiro atoms. The molecular weight excluding hydrogens is 162 g/mol. The highest BCUT2D eigenvalue weighted by Crippen LogP contribution is 2.24. The second-order valence-corrected chi connectivity index (χ2v) is 5.34. The van der Waals surface area contributed by atoms with Crippen molar-refractivity contribution in [1.29, 1.82) is 0 Å². The molecule has 2 atom stereocenters. The van der Waals surface area contributed by atoms with E-state index in [-0.39, 0.29) is 11.3 Å². The van der Waals surface area contributed by atoms with E-state index in [1.54, 1.807) is 0 Å². The summed E-state index contributed by atoms with van der Waals surface area (Å²) >= 11 is 0. The zero-order chi connectivity index (χ0) is 8.48. The highest BCUT2D eigenvalue weighted by Gasteiger charge is 2.39. The molecule has 0 amide bonds. The van der Waals surface area contributed by atoms with Gasteiger partial charge >= 0.3 is 0 Å². The molecule has 0 aromatic rings. The fourth-order valence-electron chi connectivity index (χ4n) is 1.55. The topological polar surface area (TPSA) is 46.2 Å². The van der Waals surface area contributed by atoms with Crippen molar-refractivity contribution in [2.45, 2.75) is 31.1 Å². The second-order valence-electron chi connectivity index (χ2n) is 3.00. The first kappa shape index (κ1) is 9.00. The standard InChI is InChI=1S/C7H15NO2S/c1-3-6(8-2)7-4-5-11(7,9)10/h6-8H,3-5H2,1-2H3. The Labute approximate surface area is 68.1 Å². The van der Waals surface area contributed by atoms with Crippen LogP contribution in [-0.4, -0.2) is 32.5 Å². The van der Waals surface area contributed by atoms with Crippen molar-refractivity contribution in [1.82, 2.24) is 5.32 Å². The Hall–Kier alpha value is -0.0900. The van der Waals surface area contributed by atoms with Gasteiger partial charge in [0.05, 0.1) is 11.0 Å². The van der Waals surface area contributed by atoms with Crippen LogP contribution >= 0.6 is 0 Å². The molecule has 2 unspecified atom stereocenters. The summed E-state index contributed by atoms with van der Waals surface area (Å²) in [5, 5.41) is 2.92. The van der Waals surface area contributed by atoms with Crippen LogP contribution in [0.3, 0.4) is 0 Å². The fourth-order valence-corrected chi connectivity index (χ4v) is 3.27. The van der Waals surface area contributed by atoms with Crippen LogP contribution < -0.4 is 5.32 Å². The monoisotopic (exact) mass is 177 g/mol. The van der Waals surface area contributed by atoms with Crippen LogP contribution in [-0.2, 0) is 9.84 Å². The molecule has 0 aromatic carbocycles. The molecule has 0 saturated carbocycles. The molecule has 0 radical (unpaired) electrons. The molecule has 1 rings (SSSR count). The molecule has 0 aliphatic carbocycles. The Kier molecular flexibility index (Phi) is 2.54. The summed E-state index contributed by atoms with van der Waals surface area (Å²) in [5.74, 6) is 0.385. The van der Waals surface area contributed by atoms with Gasteiger partial charge in [-0.05, 0) is 19.9 Å². The lowest BCUT2D eigenvalue weighted by molar-refractivity contribution is 0.455. The Morgan fingerprint density at radius 3 is 2.36 bits per heavy atom. The molecule has 0 aromatic heterocycles. The van der Waals surface area contributed by atoms with Gasteiger partial charge in [0.15, 0.2) is 9.84 Å². The zero-order valence-corrected chi connectivity index (χ0v) is 7.82. The van der Waals surface area contributed by atoms with E-state index in [0.29, 0.717) is 5.75 Å². The number of hydrogen-bond acceptors (Lipinski definition) is 3. The van der Waals surface area contributed by atoms with E-state index in [2.05, 4.69) is 5.32 Å². The van der Waals surface area contributed by atoms with E-state index in [9.17, 15) is 8.42 Å². The van der Waals surface area contributed by atoms with Crippen LogP contribution in [0.1, 0.15) is 19.8 Å². The van der Waals surface area contributed by atoms with Crippen LogP contribution in [0.4, 0.5) is 0 Å². The van der Waals surface area contributed by atoms with E-state index in [4.69, 9.17) is 0 Å². The predicted molar refractivity (Wildman–Crippen MR) is 45.3 cm³/mol. The normalized spacial score (nSPS) is 30.9. The molecule has 1 heterocycles. The van der Waals surface area contributed by atoms with E-state index < -0.39 is 9.84 Å².